The molecule has 0 bridgehead atoms. The summed E-state index contributed by atoms with van der Waals surface area (Å²) in [6.45, 7) is 3.52. The number of hydrogen-bond donors (Lipinski definition) is 1. The number of benzene rings is 1. The number of thioether (sulfide) groups is 1. The lowest BCUT2D eigenvalue weighted by Crippen LogP contribution is -2.26. The first-order valence-electron chi connectivity index (χ1n) is 7.91. The molecule has 1 heterocycles. The molecule has 2 rings (SSSR count). The number of amides is 1. The zero-order valence-electron chi connectivity index (χ0n) is 14.4. The van der Waals surface area contributed by atoms with E-state index in [-0.39, 0.29) is 11.7 Å². The number of ether oxygens (including phenoxy) is 1. The molecule has 0 aliphatic rings. The molecule has 0 saturated carbocycles. The number of rotatable bonds is 9. The number of methoxy groups -OCH3 is 1. The van der Waals surface area contributed by atoms with E-state index in [4.69, 9.17) is 10.00 Å². The van der Waals surface area contributed by atoms with Crippen molar-refractivity contribution >= 4 is 17.7 Å². The van der Waals surface area contributed by atoms with Gasteiger partial charge in [-0.05, 0) is 13.0 Å². The van der Waals surface area contributed by atoms with Crippen molar-refractivity contribution in [2.24, 2.45) is 0 Å². The van der Waals surface area contributed by atoms with Gasteiger partial charge in [-0.2, -0.15) is 5.26 Å². The molecular formula is C17H21N5O2S. The molecule has 0 aliphatic heterocycles. The minimum atomic E-state index is -0.126. The summed E-state index contributed by atoms with van der Waals surface area (Å²) in [6, 6.07) is 10.0. The average molecular weight is 359 g/mol. The van der Waals surface area contributed by atoms with Gasteiger partial charge in [0.1, 0.15) is 0 Å². The van der Waals surface area contributed by atoms with Gasteiger partial charge in [0.2, 0.25) is 5.91 Å². The summed E-state index contributed by atoms with van der Waals surface area (Å²) in [5.41, 5.74) is 2.12. The summed E-state index contributed by atoms with van der Waals surface area (Å²) < 4.78 is 7.14. The lowest BCUT2D eigenvalue weighted by molar-refractivity contribution is -0.118. The van der Waals surface area contributed by atoms with Gasteiger partial charge in [0.05, 0.1) is 31.4 Å². The minimum absolute atomic E-state index is 0.126. The predicted molar refractivity (Wildman–Crippen MR) is 96.0 cm³/mol. The highest BCUT2D eigenvalue weighted by Gasteiger charge is 2.15. The molecule has 0 spiro atoms. The highest BCUT2D eigenvalue weighted by atomic mass is 32.2. The SMILES string of the molecule is COCCn1c(SCC(=O)NCCC#N)nnc1-c1cccc(C)c1. The maximum Gasteiger partial charge on any atom is 0.230 e. The van der Waals surface area contributed by atoms with Crippen LogP contribution in [0.4, 0.5) is 0 Å². The molecule has 1 aromatic heterocycles. The first-order valence-corrected chi connectivity index (χ1v) is 8.90. The van der Waals surface area contributed by atoms with E-state index < -0.39 is 0 Å². The Labute approximate surface area is 151 Å². The average Bonchev–Trinajstić information content (AvgIpc) is 3.01. The van der Waals surface area contributed by atoms with Gasteiger partial charge in [0.25, 0.3) is 0 Å². The highest BCUT2D eigenvalue weighted by molar-refractivity contribution is 7.99. The highest BCUT2D eigenvalue weighted by Crippen LogP contribution is 2.24. The maximum atomic E-state index is 11.8. The van der Waals surface area contributed by atoms with Gasteiger partial charge in [-0.15, -0.1) is 10.2 Å². The number of nitriles is 1. The van der Waals surface area contributed by atoms with E-state index in [0.717, 1.165) is 17.0 Å². The molecule has 1 amide bonds. The van der Waals surface area contributed by atoms with Gasteiger partial charge < -0.3 is 10.1 Å². The summed E-state index contributed by atoms with van der Waals surface area (Å²) in [6.07, 6.45) is 0.304. The topological polar surface area (TPSA) is 92.8 Å². The molecule has 0 radical (unpaired) electrons. The van der Waals surface area contributed by atoms with E-state index in [1.807, 2.05) is 35.8 Å². The molecule has 8 heteroatoms. The summed E-state index contributed by atoms with van der Waals surface area (Å²) in [5.74, 6) is 0.858. The predicted octanol–water partition coefficient (Wildman–Crippen LogP) is 2.02. The standard InChI is InChI=1S/C17H21N5O2S/c1-13-5-3-6-14(11-13)16-20-21-17(22(16)9-10-24-2)25-12-15(23)19-8-4-7-18/h3,5-6,11H,4,8-10,12H2,1-2H3,(H,19,23). The number of carbonyl (C=O) groups excluding carboxylic acids is 1. The van der Waals surface area contributed by atoms with Crippen molar-refractivity contribution in [1.29, 1.82) is 5.26 Å². The number of nitrogens with zero attached hydrogens (tertiary/aromatic N) is 4. The van der Waals surface area contributed by atoms with Crippen LogP contribution < -0.4 is 5.32 Å². The second kappa shape index (κ2) is 9.81. The molecule has 25 heavy (non-hydrogen) atoms. The van der Waals surface area contributed by atoms with E-state index in [1.165, 1.54) is 11.8 Å². The summed E-state index contributed by atoms with van der Waals surface area (Å²) in [4.78, 5) is 11.8. The van der Waals surface area contributed by atoms with Crippen molar-refractivity contribution in [3.8, 4) is 17.5 Å². The van der Waals surface area contributed by atoms with Crippen molar-refractivity contribution in [2.75, 3.05) is 26.0 Å². The molecule has 132 valence electrons. The van der Waals surface area contributed by atoms with Crippen molar-refractivity contribution < 1.29 is 9.53 Å². The monoisotopic (exact) mass is 359 g/mol. The summed E-state index contributed by atoms with van der Waals surface area (Å²) in [5, 5.41) is 20.4. The van der Waals surface area contributed by atoms with Gasteiger partial charge in [-0.1, -0.05) is 35.5 Å². The summed E-state index contributed by atoms with van der Waals surface area (Å²) in [7, 11) is 1.64. The summed E-state index contributed by atoms with van der Waals surface area (Å²) >= 11 is 1.32. The normalized spacial score (nSPS) is 10.4. The van der Waals surface area contributed by atoms with Gasteiger partial charge in [0.15, 0.2) is 11.0 Å². The first kappa shape index (κ1) is 19.0. The van der Waals surface area contributed by atoms with Crippen molar-refractivity contribution in [2.45, 2.75) is 25.0 Å². The Bertz CT molecular complexity index is 754. The van der Waals surface area contributed by atoms with Gasteiger partial charge in [-0.25, -0.2) is 0 Å². The van der Waals surface area contributed by atoms with Crippen LogP contribution in [0.25, 0.3) is 11.4 Å². The third-order valence-electron chi connectivity index (χ3n) is 3.40. The number of carbonyl (C=O) groups is 1. The largest absolute Gasteiger partial charge is 0.383 e. The fourth-order valence-corrected chi connectivity index (χ4v) is 3.01. The molecule has 0 aliphatic carbocycles. The minimum Gasteiger partial charge on any atom is -0.383 e. The second-order valence-electron chi connectivity index (χ2n) is 5.37. The van der Waals surface area contributed by atoms with Gasteiger partial charge >= 0.3 is 0 Å². The van der Waals surface area contributed by atoms with E-state index in [0.29, 0.717) is 31.3 Å². The zero-order chi connectivity index (χ0) is 18.1. The maximum absolute atomic E-state index is 11.8. The molecule has 1 aromatic carbocycles. The molecule has 0 fully saturated rings. The zero-order valence-corrected chi connectivity index (χ0v) is 15.2. The Hall–Kier alpha value is -2.37. The Morgan fingerprint density at radius 1 is 1.44 bits per heavy atom. The Balaban J connectivity index is 2.12. The van der Waals surface area contributed by atoms with Crippen LogP contribution in [-0.4, -0.2) is 46.7 Å². The van der Waals surface area contributed by atoms with Crippen LogP contribution in [0.3, 0.4) is 0 Å². The number of aromatic nitrogens is 3. The van der Waals surface area contributed by atoms with Crippen LogP contribution in [0, 0.1) is 18.3 Å². The van der Waals surface area contributed by atoms with Crippen LogP contribution >= 0.6 is 11.8 Å². The van der Waals surface area contributed by atoms with Crippen molar-refractivity contribution in [3.63, 3.8) is 0 Å². The Morgan fingerprint density at radius 3 is 3.00 bits per heavy atom. The van der Waals surface area contributed by atoms with Crippen molar-refractivity contribution in [1.82, 2.24) is 20.1 Å². The van der Waals surface area contributed by atoms with Crippen LogP contribution in [0.5, 0.6) is 0 Å². The second-order valence-corrected chi connectivity index (χ2v) is 6.31. The molecule has 0 saturated heterocycles. The van der Waals surface area contributed by atoms with Gasteiger partial charge in [-0.3, -0.25) is 9.36 Å². The van der Waals surface area contributed by atoms with Crippen LogP contribution in [-0.2, 0) is 16.1 Å². The van der Waals surface area contributed by atoms with E-state index >= 15 is 0 Å². The number of aryl methyl sites for hydroxylation is 1. The number of hydrogen-bond acceptors (Lipinski definition) is 6. The first-order chi connectivity index (χ1) is 12.2. The molecule has 7 nitrogen and oxygen atoms in total. The number of nitrogens with one attached hydrogen (secondary N) is 1. The molecule has 0 atom stereocenters. The Kier molecular flexibility index (Phi) is 7.44. The van der Waals surface area contributed by atoms with E-state index in [9.17, 15) is 4.79 Å². The van der Waals surface area contributed by atoms with Gasteiger partial charge in [0, 0.05) is 19.2 Å². The van der Waals surface area contributed by atoms with E-state index in [2.05, 4.69) is 21.6 Å². The third-order valence-corrected chi connectivity index (χ3v) is 4.37. The quantitative estimate of drug-likeness (QED) is 0.544. The fraction of sp³-hybridized carbons (Fsp3) is 0.412. The van der Waals surface area contributed by atoms with E-state index in [1.54, 1.807) is 7.11 Å². The smallest absolute Gasteiger partial charge is 0.230 e. The molecule has 0 unspecified atom stereocenters. The molecule has 1 N–H and O–H groups in total. The fourth-order valence-electron chi connectivity index (χ4n) is 2.22. The third kappa shape index (κ3) is 5.59. The van der Waals surface area contributed by atoms with Crippen molar-refractivity contribution in [3.05, 3.63) is 29.8 Å². The molecule has 2 aromatic rings. The molecular weight excluding hydrogens is 338 g/mol. The van der Waals surface area contributed by atoms with Crippen LogP contribution in [0.15, 0.2) is 29.4 Å². The lowest BCUT2D eigenvalue weighted by atomic mass is 10.1. The Morgan fingerprint density at radius 2 is 2.28 bits per heavy atom. The van der Waals surface area contributed by atoms with Crippen LogP contribution in [0.1, 0.15) is 12.0 Å². The van der Waals surface area contributed by atoms with Crippen LogP contribution in [0.2, 0.25) is 0 Å². The lowest BCUT2D eigenvalue weighted by Gasteiger charge is -2.10.